The summed E-state index contributed by atoms with van der Waals surface area (Å²) in [7, 11) is 0. The fourth-order valence-corrected chi connectivity index (χ4v) is 8.49. The van der Waals surface area contributed by atoms with E-state index in [0.29, 0.717) is 21.3 Å². The van der Waals surface area contributed by atoms with Crippen molar-refractivity contribution in [3.8, 4) is 0 Å². The molecule has 0 unspecified atom stereocenters. The predicted octanol–water partition coefficient (Wildman–Crippen LogP) is 6.01. The molecule has 0 bridgehead atoms. The Labute approximate surface area is 252 Å². The van der Waals surface area contributed by atoms with Gasteiger partial charge < -0.3 is 5.32 Å². The highest BCUT2D eigenvalue weighted by Gasteiger charge is 2.56. The van der Waals surface area contributed by atoms with Gasteiger partial charge in [-0.2, -0.15) is 0 Å². The van der Waals surface area contributed by atoms with Crippen molar-refractivity contribution >= 4 is 84.1 Å². The van der Waals surface area contributed by atoms with Crippen molar-refractivity contribution in [2.24, 2.45) is 5.92 Å². The van der Waals surface area contributed by atoms with Crippen LogP contribution in [0.2, 0.25) is 0 Å². The smallest absolute Gasteiger partial charge is 0.308 e. The average Bonchev–Trinajstić information content (AvgIpc) is 3.36. The third-order valence-corrected chi connectivity index (χ3v) is 10.4. The van der Waals surface area contributed by atoms with Crippen LogP contribution in [0, 0.1) is 11.7 Å². The highest BCUT2D eigenvalue weighted by atomic mass is 79.9. The van der Waals surface area contributed by atoms with Crippen LogP contribution in [-0.2, 0) is 20.9 Å². The number of nitrogens with one attached hydrogen (secondary N) is 1. The van der Waals surface area contributed by atoms with Crippen LogP contribution in [-0.4, -0.2) is 27.5 Å². The van der Waals surface area contributed by atoms with Crippen LogP contribution in [0.3, 0.4) is 0 Å². The van der Waals surface area contributed by atoms with Gasteiger partial charge in [0.05, 0.1) is 16.6 Å². The Kier molecular flexibility index (Phi) is 7.28. The van der Waals surface area contributed by atoms with Gasteiger partial charge in [0.25, 0.3) is 0 Å². The van der Waals surface area contributed by atoms with E-state index in [1.807, 2.05) is 24.3 Å². The van der Waals surface area contributed by atoms with E-state index in [2.05, 4.69) is 37.2 Å². The summed E-state index contributed by atoms with van der Waals surface area (Å²) in [4.78, 5) is 55.3. The molecule has 0 spiro atoms. The number of amides is 3. The molecule has 3 atom stereocenters. The van der Waals surface area contributed by atoms with Crippen LogP contribution in [0.1, 0.15) is 16.4 Å². The molecular weight excluding hydrogens is 685 g/mol. The lowest BCUT2D eigenvalue weighted by molar-refractivity contribution is -0.122. The summed E-state index contributed by atoms with van der Waals surface area (Å²) >= 11 is 9.02. The van der Waals surface area contributed by atoms with Gasteiger partial charge in [0.2, 0.25) is 17.7 Å². The summed E-state index contributed by atoms with van der Waals surface area (Å²) < 4.78 is 16.2. The Morgan fingerprint density at radius 1 is 0.925 bits per heavy atom. The molecule has 3 heterocycles. The topological polar surface area (TPSA) is 88.5 Å². The monoisotopic (exact) mass is 701 g/mol. The van der Waals surface area contributed by atoms with Crippen LogP contribution in [0.25, 0.3) is 0 Å². The summed E-state index contributed by atoms with van der Waals surface area (Å²) in [6.45, 7) is -0.295. The van der Waals surface area contributed by atoms with Gasteiger partial charge in [-0.1, -0.05) is 67.1 Å². The Bertz CT molecular complexity index is 1720. The molecule has 7 nitrogen and oxygen atoms in total. The maximum absolute atomic E-state index is 13.9. The molecule has 12 heteroatoms. The molecular formula is C28H18Br2FN3O4S2. The number of anilines is 2. The van der Waals surface area contributed by atoms with Gasteiger partial charge in [0.1, 0.15) is 17.6 Å². The van der Waals surface area contributed by atoms with E-state index < -0.39 is 28.8 Å². The lowest BCUT2D eigenvalue weighted by Gasteiger charge is -2.30. The second-order valence-corrected chi connectivity index (χ2v) is 13.2. The van der Waals surface area contributed by atoms with Crippen molar-refractivity contribution in [3.05, 3.63) is 108 Å². The van der Waals surface area contributed by atoms with E-state index in [9.17, 15) is 23.6 Å². The van der Waals surface area contributed by atoms with Crippen molar-refractivity contribution in [1.29, 1.82) is 0 Å². The number of halogens is 3. The molecule has 40 heavy (non-hydrogen) atoms. The van der Waals surface area contributed by atoms with Gasteiger partial charge in [-0.05, 0) is 66.2 Å². The second kappa shape index (κ2) is 10.7. The number of nitrogens with zero attached hydrogens (tertiary/aromatic N) is 2. The first-order chi connectivity index (χ1) is 19.2. The molecule has 0 aliphatic carbocycles. The average molecular weight is 703 g/mol. The highest BCUT2D eigenvalue weighted by Crippen LogP contribution is 2.54. The van der Waals surface area contributed by atoms with Crippen LogP contribution >= 0.6 is 55.0 Å². The van der Waals surface area contributed by atoms with Crippen LogP contribution in [0.4, 0.5) is 15.8 Å². The molecule has 4 aromatic rings. The maximum Gasteiger partial charge on any atom is 0.308 e. The Morgan fingerprint density at radius 2 is 1.65 bits per heavy atom. The van der Waals surface area contributed by atoms with E-state index in [4.69, 9.17) is 0 Å². The minimum atomic E-state index is -0.784. The first-order valence-electron chi connectivity index (χ1n) is 12.1. The van der Waals surface area contributed by atoms with E-state index in [1.54, 1.807) is 24.3 Å². The van der Waals surface area contributed by atoms with Gasteiger partial charge in [-0.3, -0.25) is 23.7 Å². The molecule has 1 N–H and O–H groups in total. The Morgan fingerprint density at radius 3 is 2.35 bits per heavy atom. The van der Waals surface area contributed by atoms with Crippen LogP contribution in [0.15, 0.2) is 91.6 Å². The normalized spacial score (nSPS) is 19.9. The van der Waals surface area contributed by atoms with Crippen molar-refractivity contribution in [2.75, 3.05) is 10.2 Å². The van der Waals surface area contributed by atoms with Gasteiger partial charge >= 0.3 is 4.87 Å². The lowest BCUT2D eigenvalue weighted by Crippen LogP contribution is -2.33. The second-order valence-electron chi connectivity index (χ2n) is 9.26. The number of thiazole rings is 1. The number of hydrogen-bond acceptors (Lipinski definition) is 6. The number of thioether (sulfide) groups is 1. The summed E-state index contributed by atoms with van der Waals surface area (Å²) in [5, 5.41) is 2.39. The SMILES string of the molecule is O=C(Cn1c2c(sc1=O)[C@@H](c1cccc(Br)c1)[C@@H]1C(=O)N(c3ccc(Br)cc3)C(=O)[C@@H]1S2)Nc1ccc(F)cc1. The van der Waals surface area contributed by atoms with E-state index in [-0.39, 0.29) is 23.2 Å². The van der Waals surface area contributed by atoms with E-state index >= 15 is 0 Å². The predicted molar refractivity (Wildman–Crippen MR) is 159 cm³/mol. The quantitative estimate of drug-likeness (QED) is 0.258. The van der Waals surface area contributed by atoms with Crippen LogP contribution < -0.4 is 15.1 Å². The number of rotatable bonds is 5. The molecule has 3 amide bonds. The summed E-state index contributed by atoms with van der Waals surface area (Å²) in [6, 6.07) is 19.8. The minimum Gasteiger partial charge on any atom is -0.325 e. The van der Waals surface area contributed by atoms with Crippen LogP contribution in [0.5, 0.6) is 0 Å². The molecule has 1 saturated heterocycles. The Balaban J connectivity index is 1.41. The summed E-state index contributed by atoms with van der Waals surface area (Å²) in [5.74, 6) is -2.90. The molecule has 2 aliphatic rings. The largest absolute Gasteiger partial charge is 0.325 e. The zero-order valence-corrected chi connectivity index (χ0v) is 25.2. The first-order valence-corrected chi connectivity index (χ1v) is 15.3. The number of aromatic nitrogens is 1. The molecule has 6 rings (SSSR count). The molecule has 0 saturated carbocycles. The fraction of sp³-hybridized carbons (Fsp3) is 0.143. The third-order valence-electron chi connectivity index (χ3n) is 6.77. The molecule has 0 radical (unpaired) electrons. The maximum atomic E-state index is 13.9. The zero-order valence-electron chi connectivity index (χ0n) is 20.3. The van der Waals surface area contributed by atoms with Gasteiger partial charge in [0, 0.05) is 25.4 Å². The molecule has 202 valence electrons. The molecule has 1 fully saturated rings. The number of hydrogen-bond donors (Lipinski definition) is 1. The number of benzene rings is 3. The van der Waals surface area contributed by atoms with E-state index in [0.717, 1.165) is 37.6 Å². The summed E-state index contributed by atoms with van der Waals surface area (Å²) in [6.07, 6.45) is 0. The molecule has 3 aromatic carbocycles. The van der Waals surface area contributed by atoms with Crippen molar-refractivity contribution in [3.63, 3.8) is 0 Å². The van der Waals surface area contributed by atoms with Gasteiger partial charge in [0.15, 0.2) is 0 Å². The third kappa shape index (κ3) is 4.87. The van der Waals surface area contributed by atoms with Gasteiger partial charge in [-0.25, -0.2) is 9.29 Å². The Hall–Kier alpha value is -3.06. The van der Waals surface area contributed by atoms with Crippen molar-refractivity contribution in [1.82, 2.24) is 4.57 Å². The highest BCUT2D eigenvalue weighted by molar-refractivity contribution is 9.10. The molecule has 2 aliphatic heterocycles. The number of carbonyl (C=O) groups excluding carboxylic acids is 3. The van der Waals surface area contributed by atoms with Gasteiger partial charge in [-0.15, -0.1) is 0 Å². The number of fused-ring (bicyclic) bond motifs is 2. The van der Waals surface area contributed by atoms with E-state index in [1.165, 1.54) is 33.7 Å². The number of imide groups is 1. The zero-order chi connectivity index (χ0) is 28.1. The first kappa shape index (κ1) is 27.1. The standard InChI is InChI=1S/C28H18Br2FN3O4S2/c29-15-4-10-19(11-5-15)34-25(36)22-21(14-2-1-3-16(30)12-14)24-27(39-23(22)26(34)37)33(28(38)40-24)13-20(35)32-18-8-6-17(31)7-9-18/h1-12,21-23H,13H2,(H,32,35)/t21-,22-,23+/m0/s1. The fourth-order valence-electron chi connectivity index (χ4n) is 5.04. The minimum absolute atomic E-state index is 0.295. The lowest BCUT2D eigenvalue weighted by atomic mass is 9.83. The molecule has 1 aromatic heterocycles. The van der Waals surface area contributed by atoms with Crippen molar-refractivity contribution < 1.29 is 18.8 Å². The number of carbonyl (C=O) groups is 3. The summed E-state index contributed by atoms with van der Waals surface area (Å²) in [5.41, 5.74) is 1.65. The van der Waals surface area contributed by atoms with Crippen molar-refractivity contribution in [2.45, 2.75) is 22.7 Å².